The molecular formula is C15H17N3O. The van der Waals surface area contributed by atoms with Crippen LogP contribution in [0.2, 0.25) is 0 Å². The Kier molecular flexibility index (Phi) is 2.49. The number of benzene rings is 1. The summed E-state index contributed by atoms with van der Waals surface area (Å²) in [6.07, 6.45) is 2.78. The van der Waals surface area contributed by atoms with E-state index in [-0.39, 0.29) is 5.91 Å². The SMILES string of the molecule is CCc1cnc(-c2ccc3c(c2)NC(=O)C3(C)C)[nH]1. The van der Waals surface area contributed by atoms with Crippen LogP contribution in [-0.2, 0) is 16.6 Å². The van der Waals surface area contributed by atoms with Crippen molar-refractivity contribution in [2.24, 2.45) is 0 Å². The van der Waals surface area contributed by atoms with Crippen molar-refractivity contribution in [3.05, 3.63) is 35.7 Å². The number of fused-ring (bicyclic) bond motifs is 1. The van der Waals surface area contributed by atoms with Crippen LogP contribution >= 0.6 is 0 Å². The van der Waals surface area contributed by atoms with E-state index in [0.717, 1.165) is 34.8 Å². The van der Waals surface area contributed by atoms with Gasteiger partial charge in [0.2, 0.25) is 5.91 Å². The van der Waals surface area contributed by atoms with Crippen molar-refractivity contribution in [1.82, 2.24) is 9.97 Å². The molecule has 3 rings (SSSR count). The Morgan fingerprint density at radius 2 is 2.11 bits per heavy atom. The quantitative estimate of drug-likeness (QED) is 0.867. The van der Waals surface area contributed by atoms with Gasteiger partial charge in [0.15, 0.2) is 0 Å². The summed E-state index contributed by atoms with van der Waals surface area (Å²) in [6, 6.07) is 6.01. The number of anilines is 1. The number of nitrogens with zero attached hydrogens (tertiary/aromatic N) is 1. The third-order valence-electron chi connectivity index (χ3n) is 3.79. The summed E-state index contributed by atoms with van der Waals surface area (Å²) < 4.78 is 0. The molecule has 1 aliphatic heterocycles. The van der Waals surface area contributed by atoms with Crippen molar-refractivity contribution in [3.63, 3.8) is 0 Å². The van der Waals surface area contributed by atoms with Crippen LogP contribution in [0.4, 0.5) is 5.69 Å². The predicted octanol–water partition coefficient (Wildman–Crippen LogP) is 2.87. The van der Waals surface area contributed by atoms with E-state index in [1.165, 1.54) is 0 Å². The zero-order valence-corrected chi connectivity index (χ0v) is 11.4. The fourth-order valence-electron chi connectivity index (χ4n) is 2.43. The minimum Gasteiger partial charge on any atom is -0.342 e. The molecule has 0 atom stereocenters. The lowest BCUT2D eigenvalue weighted by atomic mass is 9.86. The van der Waals surface area contributed by atoms with Crippen molar-refractivity contribution >= 4 is 11.6 Å². The molecule has 0 radical (unpaired) electrons. The van der Waals surface area contributed by atoms with Crippen LogP contribution in [0.3, 0.4) is 0 Å². The van der Waals surface area contributed by atoms with E-state index >= 15 is 0 Å². The lowest BCUT2D eigenvalue weighted by Crippen LogP contribution is -2.26. The number of rotatable bonds is 2. The zero-order valence-electron chi connectivity index (χ0n) is 11.4. The van der Waals surface area contributed by atoms with Crippen LogP contribution in [0.15, 0.2) is 24.4 Å². The first-order valence-electron chi connectivity index (χ1n) is 6.52. The molecule has 0 spiro atoms. The first-order chi connectivity index (χ1) is 9.02. The summed E-state index contributed by atoms with van der Waals surface area (Å²) in [4.78, 5) is 19.6. The Morgan fingerprint density at radius 1 is 1.32 bits per heavy atom. The van der Waals surface area contributed by atoms with Crippen molar-refractivity contribution in [2.75, 3.05) is 5.32 Å². The molecule has 0 unspecified atom stereocenters. The molecule has 0 bridgehead atoms. The number of H-pyrrole nitrogens is 1. The molecule has 2 heterocycles. The highest BCUT2D eigenvalue weighted by atomic mass is 16.2. The number of carbonyl (C=O) groups is 1. The van der Waals surface area contributed by atoms with Crippen LogP contribution in [0.25, 0.3) is 11.4 Å². The Balaban J connectivity index is 2.04. The van der Waals surface area contributed by atoms with E-state index in [9.17, 15) is 4.79 Å². The van der Waals surface area contributed by atoms with Gasteiger partial charge in [0, 0.05) is 23.1 Å². The normalized spacial score (nSPS) is 16.3. The van der Waals surface area contributed by atoms with Crippen molar-refractivity contribution < 1.29 is 4.79 Å². The summed E-state index contributed by atoms with van der Waals surface area (Å²) in [5.74, 6) is 0.895. The van der Waals surface area contributed by atoms with E-state index in [0.29, 0.717) is 0 Å². The summed E-state index contributed by atoms with van der Waals surface area (Å²) in [6.45, 7) is 5.97. The second-order valence-electron chi connectivity index (χ2n) is 5.45. The summed E-state index contributed by atoms with van der Waals surface area (Å²) >= 11 is 0. The molecule has 2 N–H and O–H groups in total. The summed E-state index contributed by atoms with van der Waals surface area (Å²) in [5, 5.41) is 2.94. The highest BCUT2D eigenvalue weighted by Gasteiger charge is 2.38. The average Bonchev–Trinajstić information content (AvgIpc) is 2.94. The van der Waals surface area contributed by atoms with Crippen LogP contribution in [0.5, 0.6) is 0 Å². The molecule has 4 nitrogen and oxygen atoms in total. The van der Waals surface area contributed by atoms with Gasteiger partial charge in [-0.05, 0) is 31.9 Å². The highest BCUT2D eigenvalue weighted by molar-refractivity contribution is 6.06. The Labute approximate surface area is 112 Å². The lowest BCUT2D eigenvalue weighted by Gasteiger charge is -2.14. The molecule has 1 aromatic heterocycles. The topological polar surface area (TPSA) is 57.8 Å². The number of hydrogen-bond donors (Lipinski definition) is 2. The number of nitrogens with one attached hydrogen (secondary N) is 2. The van der Waals surface area contributed by atoms with Crippen LogP contribution in [0.1, 0.15) is 32.0 Å². The number of aromatic amines is 1. The molecule has 98 valence electrons. The molecule has 0 saturated carbocycles. The number of imidazole rings is 1. The molecular weight excluding hydrogens is 238 g/mol. The Morgan fingerprint density at radius 3 is 2.79 bits per heavy atom. The molecule has 0 saturated heterocycles. The maximum absolute atomic E-state index is 11.9. The lowest BCUT2D eigenvalue weighted by molar-refractivity contribution is -0.119. The standard InChI is InChI=1S/C15H17N3O/c1-4-10-8-16-13(17-10)9-5-6-11-12(7-9)18-14(19)15(11,2)3/h5-8H,4H2,1-3H3,(H,16,17)(H,18,19). The van der Waals surface area contributed by atoms with Crippen LogP contribution in [-0.4, -0.2) is 15.9 Å². The van der Waals surface area contributed by atoms with Gasteiger partial charge in [-0.2, -0.15) is 0 Å². The maximum atomic E-state index is 11.9. The molecule has 1 aliphatic rings. The smallest absolute Gasteiger partial charge is 0.234 e. The van der Waals surface area contributed by atoms with Crippen molar-refractivity contribution in [1.29, 1.82) is 0 Å². The molecule has 0 fully saturated rings. The van der Waals surface area contributed by atoms with Gasteiger partial charge in [-0.15, -0.1) is 0 Å². The number of carbonyl (C=O) groups excluding carboxylic acids is 1. The average molecular weight is 255 g/mol. The fraction of sp³-hybridized carbons (Fsp3) is 0.333. The van der Waals surface area contributed by atoms with Gasteiger partial charge >= 0.3 is 0 Å². The summed E-state index contributed by atoms with van der Waals surface area (Å²) in [5.41, 5.74) is 3.59. The molecule has 1 aromatic carbocycles. The van der Waals surface area contributed by atoms with Gasteiger partial charge in [0.1, 0.15) is 5.82 Å². The molecule has 0 aliphatic carbocycles. The van der Waals surface area contributed by atoms with Gasteiger partial charge in [-0.25, -0.2) is 4.98 Å². The summed E-state index contributed by atoms with van der Waals surface area (Å²) in [7, 11) is 0. The second-order valence-corrected chi connectivity index (χ2v) is 5.45. The highest BCUT2D eigenvalue weighted by Crippen LogP contribution is 2.38. The monoisotopic (exact) mass is 255 g/mol. The largest absolute Gasteiger partial charge is 0.342 e. The van der Waals surface area contributed by atoms with Gasteiger partial charge in [-0.1, -0.05) is 19.1 Å². The number of hydrogen-bond acceptors (Lipinski definition) is 2. The fourth-order valence-corrected chi connectivity index (χ4v) is 2.43. The van der Waals surface area contributed by atoms with E-state index in [4.69, 9.17) is 0 Å². The maximum Gasteiger partial charge on any atom is 0.234 e. The number of aromatic nitrogens is 2. The van der Waals surface area contributed by atoms with Gasteiger partial charge < -0.3 is 10.3 Å². The van der Waals surface area contributed by atoms with E-state index < -0.39 is 5.41 Å². The second kappa shape index (κ2) is 3.95. The van der Waals surface area contributed by atoms with Crippen LogP contribution < -0.4 is 5.32 Å². The van der Waals surface area contributed by atoms with Gasteiger partial charge in [0.25, 0.3) is 0 Å². The number of amides is 1. The minimum absolute atomic E-state index is 0.0494. The van der Waals surface area contributed by atoms with Crippen molar-refractivity contribution in [2.45, 2.75) is 32.6 Å². The van der Waals surface area contributed by atoms with E-state index in [1.54, 1.807) is 0 Å². The first kappa shape index (κ1) is 12.0. The molecule has 19 heavy (non-hydrogen) atoms. The molecule has 4 heteroatoms. The van der Waals surface area contributed by atoms with Gasteiger partial charge in [0.05, 0.1) is 5.41 Å². The number of aryl methyl sites for hydroxylation is 1. The van der Waals surface area contributed by atoms with E-state index in [1.807, 2.05) is 38.2 Å². The molecule has 2 aromatic rings. The Bertz CT molecular complexity index is 655. The predicted molar refractivity (Wildman–Crippen MR) is 75.1 cm³/mol. The minimum atomic E-state index is -0.453. The zero-order chi connectivity index (χ0) is 13.6. The van der Waals surface area contributed by atoms with Gasteiger partial charge in [-0.3, -0.25) is 4.79 Å². The van der Waals surface area contributed by atoms with E-state index in [2.05, 4.69) is 22.2 Å². The first-order valence-corrected chi connectivity index (χ1v) is 6.52. The molecule has 1 amide bonds. The Hall–Kier alpha value is -2.10. The van der Waals surface area contributed by atoms with Crippen LogP contribution in [0, 0.1) is 0 Å². The third kappa shape index (κ3) is 1.75. The third-order valence-corrected chi connectivity index (χ3v) is 3.79. The van der Waals surface area contributed by atoms with Crippen molar-refractivity contribution in [3.8, 4) is 11.4 Å².